The summed E-state index contributed by atoms with van der Waals surface area (Å²) in [5.74, 6) is -1.58. The van der Waals surface area contributed by atoms with Crippen LogP contribution in [-0.4, -0.2) is 40.9 Å². The number of pyridine rings is 2. The molecule has 0 spiro atoms. The third kappa shape index (κ3) is 4.82. The highest BCUT2D eigenvalue weighted by Gasteiger charge is 2.47. The summed E-state index contributed by atoms with van der Waals surface area (Å²) in [4.78, 5) is 39.1. The first kappa shape index (κ1) is 29.1. The molecular formula is C36H29F2N5O3. The van der Waals surface area contributed by atoms with Crippen LogP contribution in [0.25, 0.3) is 44.2 Å². The van der Waals surface area contributed by atoms with Gasteiger partial charge in [0.15, 0.2) is 0 Å². The number of aryl methyl sites for hydroxylation is 1. The van der Waals surface area contributed by atoms with Crippen molar-refractivity contribution >= 4 is 33.6 Å². The van der Waals surface area contributed by atoms with Crippen molar-refractivity contribution in [1.82, 2.24) is 25.6 Å². The number of hydrogen-bond donors (Lipinski definition) is 3. The summed E-state index contributed by atoms with van der Waals surface area (Å²) in [7, 11) is 2.95. The Morgan fingerprint density at radius 1 is 0.957 bits per heavy atom. The second-order valence-electron chi connectivity index (χ2n) is 11.5. The quantitative estimate of drug-likeness (QED) is 0.182. The number of fused-ring (bicyclic) bond motifs is 2. The van der Waals surface area contributed by atoms with Crippen molar-refractivity contribution in [1.29, 1.82) is 0 Å². The molecule has 3 aromatic carbocycles. The van der Waals surface area contributed by atoms with Gasteiger partial charge in [0, 0.05) is 41.3 Å². The summed E-state index contributed by atoms with van der Waals surface area (Å²) >= 11 is 0. The molecule has 1 saturated carbocycles. The predicted molar refractivity (Wildman–Crippen MR) is 172 cm³/mol. The van der Waals surface area contributed by atoms with Crippen LogP contribution in [0.2, 0.25) is 0 Å². The highest BCUT2D eigenvalue weighted by atomic mass is 19.1. The molecule has 1 aliphatic rings. The first-order valence-electron chi connectivity index (χ1n) is 14.8. The average Bonchev–Trinajstić information content (AvgIpc) is 3.75. The molecule has 0 unspecified atom stereocenters. The van der Waals surface area contributed by atoms with Gasteiger partial charge in [-0.15, -0.1) is 0 Å². The lowest BCUT2D eigenvalue weighted by Gasteiger charge is -2.20. The summed E-state index contributed by atoms with van der Waals surface area (Å²) in [5, 5.41) is 6.75. The van der Waals surface area contributed by atoms with Gasteiger partial charge in [-0.05, 0) is 103 Å². The molecule has 1 aliphatic carbocycles. The van der Waals surface area contributed by atoms with Gasteiger partial charge in [-0.25, -0.2) is 8.78 Å². The number of halogens is 2. The Labute approximate surface area is 262 Å². The van der Waals surface area contributed by atoms with E-state index in [1.165, 1.54) is 38.4 Å². The topological polar surface area (TPSA) is 109 Å². The molecule has 230 valence electrons. The lowest BCUT2D eigenvalue weighted by atomic mass is 9.94. The zero-order valence-corrected chi connectivity index (χ0v) is 25.3. The lowest BCUT2D eigenvalue weighted by molar-refractivity contribution is 0.0925. The summed E-state index contributed by atoms with van der Waals surface area (Å²) in [6.07, 6.45) is 4.87. The van der Waals surface area contributed by atoms with Gasteiger partial charge in [-0.2, -0.15) is 0 Å². The van der Waals surface area contributed by atoms with Crippen molar-refractivity contribution in [3.05, 3.63) is 113 Å². The number of amides is 2. The zero-order chi connectivity index (χ0) is 32.2. The van der Waals surface area contributed by atoms with Gasteiger partial charge in [0.2, 0.25) is 0 Å². The number of ether oxygens (including phenoxy) is 1. The smallest absolute Gasteiger partial charge is 0.255 e. The van der Waals surface area contributed by atoms with Crippen LogP contribution < -0.4 is 15.4 Å². The Hall–Kier alpha value is -5.64. The fourth-order valence-corrected chi connectivity index (χ4v) is 6.04. The first-order valence-corrected chi connectivity index (χ1v) is 14.8. The van der Waals surface area contributed by atoms with Crippen molar-refractivity contribution in [3.63, 3.8) is 0 Å². The molecule has 8 nitrogen and oxygen atoms in total. The van der Waals surface area contributed by atoms with E-state index in [1.54, 1.807) is 43.6 Å². The van der Waals surface area contributed by atoms with Gasteiger partial charge in [0.05, 0.1) is 40.7 Å². The molecule has 0 radical (unpaired) electrons. The maximum absolute atomic E-state index is 16.6. The minimum Gasteiger partial charge on any atom is -0.496 e. The molecule has 3 N–H and O–H groups in total. The Morgan fingerprint density at radius 3 is 2.46 bits per heavy atom. The minimum absolute atomic E-state index is 0.0897. The van der Waals surface area contributed by atoms with Crippen LogP contribution in [-0.2, 0) is 5.54 Å². The summed E-state index contributed by atoms with van der Waals surface area (Å²) in [5.41, 5.74) is 3.92. The average molecular weight is 618 g/mol. The van der Waals surface area contributed by atoms with E-state index in [0.717, 1.165) is 29.4 Å². The van der Waals surface area contributed by atoms with E-state index in [0.29, 0.717) is 33.7 Å². The number of benzene rings is 3. The maximum Gasteiger partial charge on any atom is 0.255 e. The van der Waals surface area contributed by atoms with Crippen molar-refractivity contribution in [2.24, 2.45) is 0 Å². The fraction of sp³-hybridized carbons (Fsp3) is 0.167. The van der Waals surface area contributed by atoms with E-state index >= 15 is 4.39 Å². The molecule has 10 heteroatoms. The molecular weight excluding hydrogens is 588 g/mol. The van der Waals surface area contributed by atoms with Crippen LogP contribution in [0.3, 0.4) is 0 Å². The SMILES string of the molecule is CNC(=O)c1c(-c2ccc(F)cc2)[nH]c2ccc(-c3cc(C(=O)NC4(c5ccc6cnccc6n5)CC4)c(OC)cc3C)c(F)c12. The molecule has 3 heterocycles. The number of methoxy groups -OCH3 is 1. The van der Waals surface area contributed by atoms with E-state index in [2.05, 4.69) is 20.6 Å². The van der Waals surface area contributed by atoms with Gasteiger partial charge in [-0.3, -0.25) is 19.6 Å². The minimum atomic E-state index is -0.631. The second kappa shape index (κ2) is 11.1. The van der Waals surface area contributed by atoms with Crippen LogP contribution in [0.1, 0.15) is 44.8 Å². The number of aromatic nitrogens is 3. The third-order valence-electron chi connectivity index (χ3n) is 8.65. The van der Waals surface area contributed by atoms with E-state index in [1.807, 2.05) is 18.2 Å². The van der Waals surface area contributed by atoms with E-state index in [4.69, 9.17) is 9.72 Å². The Balaban J connectivity index is 1.31. The van der Waals surface area contributed by atoms with E-state index in [9.17, 15) is 14.0 Å². The van der Waals surface area contributed by atoms with Crippen molar-refractivity contribution in [2.45, 2.75) is 25.3 Å². The fourth-order valence-electron chi connectivity index (χ4n) is 6.04. The van der Waals surface area contributed by atoms with Crippen molar-refractivity contribution < 1.29 is 23.1 Å². The second-order valence-corrected chi connectivity index (χ2v) is 11.5. The molecule has 7 rings (SSSR count). The molecule has 3 aromatic heterocycles. The van der Waals surface area contributed by atoms with Crippen LogP contribution in [0.5, 0.6) is 5.75 Å². The Kier molecular flexibility index (Phi) is 7.00. The normalized spacial score (nSPS) is 13.5. The number of hydrogen-bond acceptors (Lipinski definition) is 5. The number of aromatic amines is 1. The summed E-state index contributed by atoms with van der Waals surface area (Å²) < 4.78 is 35.9. The molecule has 0 aliphatic heterocycles. The van der Waals surface area contributed by atoms with Crippen LogP contribution in [0.15, 0.2) is 79.1 Å². The molecule has 0 bridgehead atoms. The van der Waals surface area contributed by atoms with Gasteiger partial charge >= 0.3 is 0 Å². The number of rotatable bonds is 7. The predicted octanol–water partition coefficient (Wildman–Crippen LogP) is 6.82. The van der Waals surface area contributed by atoms with Gasteiger partial charge in [0.25, 0.3) is 11.8 Å². The van der Waals surface area contributed by atoms with Crippen molar-refractivity contribution in [3.8, 4) is 28.1 Å². The number of carbonyl (C=O) groups is 2. The summed E-state index contributed by atoms with van der Waals surface area (Å²) in [6, 6.07) is 17.9. The first-order chi connectivity index (χ1) is 22.2. The molecule has 0 saturated heterocycles. The monoisotopic (exact) mass is 617 g/mol. The van der Waals surface area contributed by atoms with Gasteiger partial charge in [0.1, 0.15) is 17.4 Å². The Bertz CT molecular complexity index is 2190. The molecule has 46 heavy (non-hydrogen) atoms. The van der Waals surface area contributed by atoms with E-state index in [-0.39, 0.29) is 28.0 Å². The zero-order valence-electron chi connectivity index (χ0n) is 25.3. The number of H-pyrrole nitrogens is 1. The number of carbonyl (C=O) groups excluding carboxylic acids is 2. The highest BCUT2D eigenvalue weighted by molar-refractivity contribution is 6.13. The standard InChI is InChI=1S/C36H29F2N5O3/c1-19-16-28(46-3)25(34(44)43-36(13-14-36)29-11-6-21-18-40-15-12-26(21)41-29)17-24(19)23-9-10-27-30(32(23)38)31(35(45)39-2)33(42-27)20-4-7-22(37)8-5-20/h4-12,15-18,42H,13-14H2,1-3H3,(H,39,45)(H,43,44). The van der Waals surface area contributed by atoms with Crippen molar-refractivity contribution in [2.75, 3.05) is 14.2 Å². The highest BCUT2D eigenvalue weighted by Crippen LogP contribution is 2.46. The van der Waals surface area contributed by atoms with Crippen LogP contribution >= 0.6 is 0 Å². The van der Waals surface area contributed by atoms with E-state index < -0.39 is 23.1 Å². The largest absolute Gasteiger partial charge is 0.496 e. The van der Waals surface area contributed by atoms with Gasteiger partial charge < -0.3 is 20.4 Å². The third-order valence-corrected chi connectivity index (χ3v) is 8.65. The molecule has 6 aromatic rings. The number of nitrogens with one attached hydrogen (secondary N) is 3. The maximum atomic E-state index is 16.6. The number of nitrogens with zero attached hydrogens (tertiary/aromatic N) is 2. The van der Waals surface area contributed by atoms with Crippen LogP contribution in [0.4, 0.5) is 8.78 Å². The van der Waals surface area contributed by atoms with Crippen LogP contribution in [0, 0.1) is 18.6 Å². The molecule has 0 atom stereocenters. The summed E-state index contributed by atoms with van der Waals surface area (Å²) in [6.45, 7) is 1.81. The lowest BCUT2D eigenvalue weighted by Crippen LogP contribution is -2.35. The molecule has 2 amide bonds. The Morgan fingerprint density at radius 2 is 1.74 bits per heavy atom. The van der Waals surface area contributed by atoms with Gasteiger partial charge in [-0.1, -0.05) is 0 Å². The molecule has 1 fully saturated rings.